The second kappa shape index (κ2) is 3.80. The number of hydrogen-bond acceptors (Lipinski definition) is 4. The molecule has 3 heterocycles. The Morgan fingerprint density at radius 2 is 1.79 bits per heavy atom. The van der Waals surface area contributed by atoms with Crippen molar-refractivity contribution in [2.45, 2.75) is 38.9 Å². The lowest BCUT2D eigenvalue weighted by Gasteiger charge is -2.32. The van der Waals surface area contributed by atoms with Gasteiger partial charge in [-0.2, -0.15) is 5.10 Å². The zero-order chi connectivity index (χ0) is 13.8. The van der Waals surface area contributed by atoms with E-state index in [4.69, 9.17) is 9.31 Å². The number of pyridine rings is 1. The quantitative estimate of drug-likeness (QED) is 0.723. The smallest absolute Gasteiger partial charge is 0.398 e. The molecule has 6 heteroatoms. The van der Waals surface area contributed by atoms with Crippen molar-refractivity contribution in [2.75, 3.05) is 0 Å². The number of nitrogens with zero attached hydrogens (tertiary/aromatic N) is 3. The van der Waals surface area contributed by atoms with E-state index in [1.165, 1.54) is 0 Å². The zero-order valence-corrected chi connectivity index (χ0v) is 12.0. The molecule has 0 saturated carbocycles. The lowest BCUT2D eigenvalue weighted by atomic mass is 9.82. The number of aromatic nitrogens is 3. The highest BCUT2D eigenvalue weighted by atomic mass is 16.7. The Balaban J connectivity index is 2.07. The Hall–Kier alpha value is -1.40. The second-order valence-corrected chi connectivity index (χ2v) is 5.99. The molecule has 3 rings (SSSR count). The van der Waals surface area contributed by atoms with Crippen LogP contribution in [-0.2, 0) is 16.4 Å². The predicted molar refractivity (Wildman–Crippen MR) is 74.2 cm³/mol. The van der Waals surface area contributed by atoms with Crippen LogP contribution in [-0.4, -0.2) is 33.1 Å². The number of rotatable bonds is 1. The van der Waals surface area contributed by atoms with E-state index < -0.39 is 7.12 Å². The van der Waals surface area contributed by atoms with Crippen molar-refractivity contribution in [1.29, 1.82) is 0 Å². The van der Waals surface area contributed by atoms with Gasteiger partial charge in [0.2, 0.25) is 0 Å². The third kappa shape index (κ3) is 1.78. The van der Waals surface area contributed by atoms with E-state index in [-0.39, 0.29) is 11.2 Å². The topological polar surface area (TPSA) is 49.2 Å². The summed E-state index contributed by atoms with van der Waals surface area (Å²) >= 11 is 0. The first-order valence-electron chi connectivity index (χ1n) is 6.44. The fourth-order valence-corrected chi connectivity index (χ4v) is 2.24. The van der Waals surface area contributed by atoms with Crippen molar-refractivity contribution in [3.05, 3.63) is 18.5 Å². The summed E-state index contributed by atoms with van der Waals surface area (Å²) in [6.45, 7) is 8.15. The fraction of sp³-hybridized carbons (Fsp3) is 0.538. The van der Waals surface area contributed by atoms with Gasteiger partial charge in [0.15, 0.2) is 0 Å². The second-order valence-electron chi connectivity index (χ2n) is 5.99. The van der Waals surface area contributed by atoms with E-state index >= 15 is 0 Å². The van der Waals surface area contributed by atoms with Crippen LogP contribution in [0.15, 0.2) is 18.5 Å². The van der Waals surface area contributed by atoms with Crippen LogP contribution >= 0.6 is 0 Å². The molecule has 0 aliphatic carbocycles. The first-order valence-corrected chi connectivity index (χ1v) is 6.44. The highest BCUT2D eigenvalue weighted by Crippen LogP contribution is 2.36. The van der Waals surface area contributed by atoms with Gasteiger partial charge in [-0.15, -0.1) is 0 Å². The van der Waals surface area contributed by atoms with Gasteiger partial charge in [0, 0.05) is 18.6 Å². The van der Waals surface area contributed by atoms with Crippen molar-refractivity contribution >= 4 is 23.6 Å². The minimum absolute atomic E-state index is 0.357. The maximum atomic E-state index is 6.05. The zero-order valence-electron chi connectivity index (χ0n) is 12.0. The molecule has 1 aliphatic heterocycles. The van der Waals surface area contributed by atoms with Gasteiger partial charge in [-0.3, -0.25) is 9.67 Å². The lowest BCUT2D eigenvalue weighted by Crippen LogP contribution is -2.41. The molecule has 2 aromatic rings. The van der Waals surface area contributed by atoms with Crippen molar-refractivity contribution in [3.8, 4) is 0 Å². The summed E-state index contributed by atoms with van der Waals surface area (Å²) < 4.78 is 13.9. The molecular formula is C13H18BN3O2. The molecule has 0 radical (unpaired) electrons. The SMILES string of the molecule is Cn1ncc2c(B3OC(C)(C)C(C)(C)O3)nccc21. The average molecular weight is 259 g/mol. The van der Waals surface area contributed by atoms with Gasteiger partial charge < -0.3 is 9.31 Å². The standard InChI is InChI=1S/C13H18BN3O2/c1-12(2)13(3,4)19-14(18-12)11-9-8-16-17(5)10(9)6-7-15-11/h6-8H,1-5H3. The Kier molecular flexibility index (Phi) is 2.53. The van der Waals surface area contributed by atoms with E-state index in [0.29, 0.717) is 0 Å². The van der Waals surface area contributed by atoms with E-state index in [9.17, 15) is 0 Å². The van der Waals surface area contributed by atoms with Crippen LogP contribution in [0, 0.1) is 0 Å². The summed E-state index contributed by atoms with van der Waals surface area (Å²) in [5.41, 5.74) is 1.11. The maximum Gasteiger partial charge on any atom is 0.515 e. The summed E-state index contributed by atoms with van der Waals surface area (Å²) in [5, 5.41) is 5.24. The van der Waals surface area contributed by atoms with Crippen molar-refractivity contribution in [3.63, 3.8) is 0 Å². The molecule has 0 atom stereocenters. The summed E-state index contributed by atoms with van der Waals surface area (Å²) in [4.78, 5) is 4.43. The van der Waals surface area contributed by atoms with Crippen LogP contribution in [0.2, 0.25) is 0 Å². The monoisotopic (exact) mass is 259 g/mol. The van der Waals surface area contributed by atoms with Crippen LogP contribution in [0.3, 0.4) is 0 Å². The van der Waals surface area contributed by atoms with E-state index in [2.05, 4.69) is 10.1 Å². The molecule has 5 nitrogen and oxygen atoms in total. The normalized spacial score (nSPS) is 21.2. The molecule has 19 heavy (non-hydrogen) atoms. The van der Waals surface area contributed by atoms with Gasteiger partial charge in [0.25, 0.3) is 0 Å². The Morgan fingerprint density at radius 3 is 2.42 bits per heavy atom. The largest absolute Gasteiger partial charge is 0.515 e. The third-order valence-electron chi connectivity index (χ3n) is 4.18. The van der Waals surface area contributed by atoms with Gasteiger partial charge in [-0.05, 0) is 33.8 Å². The highest BCUT2D eigenvalue weighted by Gasteiger charge is 2.52. The van der Waals surface area contributed by atoms with Crippen LogP contribution < -0.4 is 5.59 Å². The molecule has 0 spiro atoms. The van der Waals surface area contributed by atoms with Crippen molar-refractivity contribution in [2.24, 2.45) is 7.05 Å². The van der Waals surface area contributed by atoms with Crippen LogP contribution in [0.5, 0.6) is 0 Å². The Morgan fingerprint density at radius 1 is 1.16 bits per heavy atom. The number of fused-ring (bicyclic) bond motifs is 1. The Labute approximate surface area is 113 Å². The molecule has 1 fully saturated rings. The molecule has 0 unspecified atom stereocenters. The summed E-state index contributed by atoms with van der Waals surface area (Å²) in [5.74, 6) is 0. The highest BCUT2D eigenvalue weighted by molar-refractivity contribution is 6.64. The molecule has 1 saturated heterocycles. The van der Waals surface area contributed by atoms with Crippen LogP contribution in [0.1, 0.15) is 27.7 Å². The molecule has 0 N–H and O–H groups in total. The third-order valence-corrected chi connectivity index (χ3v) is 4.18. The molecule has 0 bridgehead atoms. The fourth-order valence-electron chi connectivity index (χ4n) is 2.24. The van der Waals surface area contributed by atoms with Gasteiger partial charge >= 0.3 is 7.12 Å². The van der Waals surface area contributed by atoms with E-state index in [1.54, 1.807) is 6.20 Å². The average Bonchev–Trinajstić information content (AvgIpc) is 2.78. The molecule has 1 aliphatic rings. The number of aryl methyl sites for hydroxylation is 1. The molecule has 0 amide bonds. The van der Waals surface area contributed by atoms with Crippen molar-refractivity contribution < 1.29 is 9.31 Å². The van der Waals surface area contributed by atoms with Gasteiger partial charge in [-0.1, -0.05) is 0 Å². The summed E-state index contributed by atoms with van der Waals surface area (Å²) in [6, 6.07) is 1.94. The summed E-state index contributed by atoms with van der Waals surface area (Å²) in [7, 11) is 1.47. The molecule has 2 aromatic heterocycles. The van der Waals surface area contributed by atoms with Crippen LogP contribution in [0.4, 0.5) is 0 Å². The van der Waals surface area contributed by atoms with Gasteiger partial charge in [0.05, 0.1) is 28.5 Å². The van der Waals surface area contributed by atoms with Crippen molar-refractivity contribution in [1.82, 2.24) is 14.8 Å². The Bertz CT molecular complexity index is 620. The minimum atomic E-state index is -0.446. The summed E-state index contributed by atoms with van der Waals surface area (Å²) in [6.07, 6.45) is 3.58. The molecule has 0 aromatic carbocycles. The maximum absolute atomic E-state index is 6.05. The molecular weight excluding hydrogens is 241 g/mol. The van der Waals surface area contributed by atoms with E-state index in [0.717, 1.165) is 16.5 Å². The first kappa shape index (κ1) is 12.6. The number of hydrogen-bond donors (Lipinski definition) is 0. The predicted octanol–water partition coefficient (Wildman–Crippen LogP) is 1.27. The first-order chi connectivity index (χ1) is 8.82. The van der Waals surface area contributed by atoms with Gasteiger partial charge in [0.1, 0.15) is 0 Å². The molecule has 100 valence electrons. The minimum Gasteiger partial charge on any atom is -0.398 e. The van der Waals surface area contributed by atoms with Crippen LogP contribution in [0.25, 0.3) is 10.9 Å². The lowest BCUT2D eigenvalue weighted by molar-refractivity contribution is 0.00578. The van der Waals surface area contributed by atoms with Gasteiger partial charge in [-0.25, -0.2) is 0 Å². The van der Waals surface area contributed by atoms with E-state index in [1.807, 2.05) is 51.7 Å².